The third kappa shape index (κ3) is 2.20. The topological polar surface area (TPSA) is 15.3 Å². The number of hydrogen-bond donors (Lipinski definition) is 1. The zero-order chi connectivity index (χ0) is 11.0. The number of hydrogen-bond acceptors (Lipinski definition) is 2. The summed E-state index contributed by atoms with van der Waals surface area (Å²) in [5, 5.41) is 3.69. The van der Waals surface area contributed by atoms with Crippen molar-refractivity contribution in [3.05, 3.63) is 27.8 Å². The van der Waals surface area contributed by atoms with Crippen LogP contribution in [0, 0.1) is 9.49 Å². The Morgan fingerprint density at radius 2 is 1.81 bits per heavy atom. The lowest BCUT2D eigenvalue weighted by Crippen LogP contribution is -2.53. The van der Waals surface area contributed by atoms with Crippen LogP contribution in [-0.2, 0) is 0 Å². The van der Waals surface area contributed by atoms with Gasteiger partial charge in [0.25, 0.3) is 0 Å². The Morgan fingerprint density at radius 1 is 1.12 bits per heavy atom. The molecule has 1 aromatic rings. The number of piperidine rings is 3. The van der Waals surface area contributed by atoms with Crippen LogP contribution >= 0.6 is 22.6 Å². The van der Waals surface area contributed by atoms with Gasteiger partial charge in [0.05, 0.1) is 0 Å². The molecule has 3 aliphatic heterocycles. The second kappa shape index (κ2) is 4.53. The quantitative estimate of drug-likeness (QED) is 0.840. The largest absolute Gasteiger partial charge is 0.381 e. The minimum atomic E-state index is 0.669. The summed E-state index contributed by atoms with van der Waals surface area (Å²) in [7, 11) is 0. The summed E-state index contributed by atoms with van der Waals surface area (Å²) in [4.78, 5) is 2.59. The monoisotopic (exact) mass is 328 g/mol. The molecule has 0 radical (unpaired) electrons. The van der Waals surface area contributed by atoms with E-state index < -0.39 is 0 Å². The van der Waals surface area contributed by atoms with E-state index in [4.69, 9.17) is 0 Å². The molecule has 0 saturated carbocycles. The number of nitrogens with one attached hydrogen (secondary N) is 1. The predicted molar refractivity (Wildman–Crippen MR) is 75.7 cm³/mol. The number of fused-ring (bicyclic) bond motifs is 3. The maximum atomic E-state index is 3.69. The van der Waals surface area contributed by atoms with Gasteiger partial charge in [0.2, 0.25) is 0 Å². The standard InChI is InChI=1S/C13H17IN2/c14-11-1-3-12(4-2-11)15-13-9-16-7-5-10(13)6-8-16/h1-4,10,13,15H,5-9H2/t13-/m1/s1. The molecular weight excluding hydrogens is 311 g/mol. The van der Waals surface area contributed by atoms with Crippen molar-refractivity contribution in [3.8, 4) is 0 Å². The highest BCUT2D eigenvalue weighted by molar-refractivity contribution is 14.1. The van der Waals surface area contributed by atoms with Gasteiger partial charge in [0.1, 0.15) is 0 Å². The van der Waals surface area contributed by atoms with Crippen molar-refractivity contribution in [2.45, 2.75) is 18.9 Å². The van der Waals surface area contributed by atoms with Crippen molar-refractivity contribution in [1.29, 1.82) is 0 Å². The van der Waals surface area contributed by atoms with Crippen molar-refractivity contribution in [3.63, 3.8) is 0 Å². The molecule has 1 aromatic carbocycles. The van der Waals surface area contributed by atoms with Crippen LogP contribution in [-0.4, -0.2) is 30.6 Å². The van der Waals surface area contributed by atoms with Gasteiger partial charge in [-0.25, -0.2) is 0 Å². The molecule has 0 aliphatic carbocycles. The first-order chi connectivity index (χ1) is 7.81. The predicted octanol–water partition coefficient (Wildman–Crippen LogP) is 2.80. The van der Waals surface area contributed by atoms with Crippen molar-refractivity contribution < 1.29 is 0 Å². The molecule has 3 aliphatic rings. The van der Waals surface area contributed by atoms with Crippen LogP contribution in [0.5, 0.6) is 0 Å². The van der Waals surface area contributed by atoms with Crippen molar-refractivity contribution in [1.82, 2.24) is 4.90 Å². The Balaban J connectivity index is 1.68. The molecule has 1 N–H and O–H groups in total. The molecular formula is C13H17IN2. The first kappa shape index (κ1) is 10.8. The number of rotatable bonds is 2. The third-order valence-electron chi connectivity index (χ3n) is 3.85. The van der Waals surface area contributed by atoms with Crippen molar-refractivity contribution in [2.75, 3.05) is 25.0 Å². The summed E-state index contributed by atoms with van der Waals surface area (Å²) in [6.07, 6.45) is 2.75. The van der Waals surface area contributed by atoms with Gasteiger partial charge in [0, 0.05) is 21.8 Å². The molecule has 3 saturated heterocycles. The molecule has 16 heavy (non-hydrogen) atoms. The van der Waals surface area contributed by atoms with Gasteiger partial charge in [-0.2, -0.15) is 0 Å². The smallest absolute Gasteiger partial charge is 0.0417 e. The highest BCUT2D eigenvalue weighted by atomic mass is 127. The van der Waals surface area contributed by atoms with E-state index in [0.29, 0.717) is 6.04 Å². The SMILES string of the molecule is Ic1ccc(N[C@@H]2CN3CCC2CC3)cc1. The Kier molecular flexibility index (Phi) is 3.07. The van der Waals surface area contributed by atoms with Crippen LogP contribution in [0.2, 0.25) is 0 Å². The summed E-state index contributed by atoms with van der Waals surface area (Å²) in [5.74, 6) is 0.893. The Bertz CT molecular complexity index is 355. The summed E-state index contributed by atoms with van der Waals surface area (Å²) >= 11 is 2.35. The van der Waals surface area contributed by atoms with Gasteiger partial charge in [-0.05, 0) is 78.7 Å². The Labute approximate surface area is 111 Å². The number of anilines is 1. The van der Waals surface area contributed by atoms with Gasteiger partial charge in [-0.1, -0.05) is 0 Å². The third-order valence-corrected chi connectivity index (χ3v) is 4.57. The van der Waals surface area contributed by atoms with Crippen LogP contribution in [0.15, 0.2) is 24.3 Å². The summed E-state index contributed by atoms with van der Waals surface area (Å²) in [6.45, 7) is 3.86. The molecule has 3 fully saturated rings. The van der Waals surface area contributed by atoms with Gasteiger partial charge in [0.15, 0.2) is 0 Å². The van der Waals surface area contributed by atoms with E-state index in [-0.39, 0.29) is 0 Å². The molecule has 86 valence electrons. The Hall–Kier alpha value is -0.290. The van der Waals surface area contributed by atoms with Gasteiger partial charge >= 0.3 is 0 Å². The Morgan fingerprint density at radius 3 is 2.38 bits per heavy atom. The van der Waals surface area contributed by atoms with E-state index in [2.05, 4.69) is 57.1 Å². The highest BCUT2D eigenvalue weighted by Gasteiger charge is 2.33. The minimum absolute atomic E-state index is 0.669. The van der Waals surface area contributed by atoms with Crippen LogP contribution in [0.25, 0.3) is 0 Å². The molecule has 0 unspecified atom stereocenters. The summed E-state index contributed by atoms with van der Waals surface area (Å²) < 4.78 is 1.30. The number of benzene rings is 1. The lowest BCUT2D eigenvalue weighted by atomic mass is 9.84. The number of nitrogens with zero attached hydrogens (tertiary/aromatic N) is 1. The van der Waals surface area contributed by atoms with Crippen LogP contribution in [0.4, 0.5) is 5.69 Å². The maximum absolute atomic E-state index is 3.69. The molecule has 0 spiro atoms. The van der Waals surface area contributed by atoms with E-state index in [1.165, 1.54) is 41.7 Å². The van der Waals surface area contributed by atoms with E-state index in [0.717, 1.165) is 5.92 Å². The average molecular weight is 328 g/mol. The fraction of sp³-hybridized carbons (Fsp3) is 0.538. The van der Waals surface area contributed by atoms with Crippen molar-refractivity contribution >= 4 is 28.3 Å². The molecule has 3 heteroatoms. The molecule has 2 bridgehead atoms. The molecule has 0 amide bonds. The fourth-order valence-corrected chi connectivity index (χ4v) is 3.25. The lowest BCUT2D eigenvalue weighted by molar-refractivity contribution is 0.0975. The maximum Gasteiger partial charge on any atom is 0.0417 e. The van der Waals surface area contributed by atoms with Crippen LogP contribution < -0.4 is 5.32 Å². The van der Waals surface area contributed by atoms with Crippen LogP contribution in [0.1, 0.15) is 12.8 Å². The molecule has 3 heterocycles. The molecule has 2 nitrogen and oxygen atoms in total. The van der Waals surface area contributed by atoms with Crippen molar-refractivity contribution in [2.24, 2.45) is 5.92 Å². The molecule has 0 aromatic heterocycles. The zero-order valence-corrected chi connectivity index (χ0v) is 11.5. The zero-order valence-electron chi connectivity index (χ0n) is 9.32. The van der Waals surface area contributed by atoms with Crippen LogP contribution in [0.3, 0.4) is 0 Å². The van der Waals surface area contributed by atoms with E-state index in [1.807, 2.05) is 0 Å². The second-order valence-corrected chi connectivity index (χ2v) is 6.14. The molecule has 4 rings (SSSR count). The first-order valence-corrected chi connectivity index (χ1v) is 7.13. The van der Waals surface area contributed by atoms with E-state index in [9.17, 15) is 0 Å². The summed E-state index contributed by atoms with van der Waals surface area (Å²) in [6, 6.07) is 9.40. The van der Waals surface area contributed by atoms with Gasteiger partial charge in [-0.3, -0.25) is 0 Å². The molecule has 1 atom stereocenters. The average Bonchev–Trinajstić information content (AvgIpc) is 2.34. The van der Waals surface area contributed by atoms with Gasteiger partial charge < -0.3 is 10.2 Å². The summed E-state index contributed by atoms with van der Waals surface area (Å²) in [5.41, 5.74) is 1.28. The fourth-order valence-electron chi connectivity index (χ4n) is 2.89. The highest BCUT2D eigenvalue weighted by Crippen LogP contribution is 2.29. The van der Waals surface area contributed by atoms with Gasteiger partial charge in [-0.15, -0.1) is 0 Å². The second-order valence-electron chi connectivity index (χ2n) is 4.90. The number of halogens is 1. The normalized spacial score (nSPS) is 32.7. The lowest BCUT2D eigenvalue weighted by Gasteiger charge is -2.45. The van der Waals surface area contributed by atoms with E-state index >= 15 is 0 Å². The first-order valence-electron chi connectivity index (χ1n) is 6.06. The minimum Gasteiger partial charge on any atom is -0.381 e. The van der Waals surface area contributed by atoms with E-state index in [1.54, 1.807) is 0 Å².